The molecule has 0 radical (unpaired) electrons. The zero-order valence-electron chi connectivity index (χ0n) is 16.3. The highest BCUT2D eigenvalue weighted by Crippen LogP contribution is 2.23. The van der Waals surface area contributed by atoms with Gasteiger partial charge in [0.15, 0.2) is 5.82 Å². The molecule has 8 heteroatoms. The van der Waals surface area contributed by atoms with Crippen molar-refractivity contribution in [3.8, 4) is 0 Å². The van der Waals surface area contributed by atoms with Crippen LogP contribution in [0.25, 0.3) is 6.20 Å². The van der Waals surface area contributed by atoms with Crippen LogP contribution in [0.2, 0.25) is 0 Å². The molecule has 148 valence electrons. The normalized spacial score (nSPS) is 18.2. The molecule has 0 aliphatic carbocycles. The maximum absolute atomic E-state index is 13.8. The average Bonchev–Trinajstić information content (AvgIpc) is 3.01. The Bertz CT molecular complexity index is 917. The van der Waals surface area contributed by atoms with E-state index in [0.717, 1.165) is 17.5 Å². The molecule has 1 aromatic carbocycles. The number of halogens is 1. The number of rotatable bonds is 1. The summed E-state index contributed by atoms with van der Waals surface area (Å²) in [5.41, 5.74) is 2.42. The van der Waals surface area contributed by atoms with Crippen LogP contribution in [0.15, 0.2) is 35.5 Å². The predicted octanol–water partition coefficient (Wildman–Crippen LogP) is 3.86. The van der Waals surface area contributed by atoms with E-state index < -0.39 is 0 Å². The molecule has 2 heterocycles. The van der Waals surface area contributed by atoms with Gasteiger partial charge in [0.2, 0.25) is 0 Å². The van der Waals surface area contributed by atoms with Gasteiger partial charge in [-0.1, -0.05) is 19.1 Å². The lowest BCUT2D eigenvalue weighted by atomic mass is 9.96. The van der Waals surface area contributed by atoms with E-state index in [1.165, 1.54) is 12.1 Å². The number of urea groups is 1. The number of carbonyl (C=O) groups is 1. The topological polar surface area (TPSA) is 83.3 Å². The number of aromatic nitrogens is 2. The Morgan fingerprint density at radius 2 is 2.11 bits per heavy atom. The summed E-state index contributed by atoms with van der Waals surface area (Å²) in [4.78, 5) is 16.9. The smallest absolute Gasteiger partial charge is 0.319 e. The molecule has 2 amide bonds. The molecule has 3 rings (SSSR count). The summed E-state index contributed by atoms with van der Waals surface area (Å²) in [7, 11) is 0. The monoisotopic (exact) mass is 384 g/mol. The van der Waals surface area contributed by atoms with Crippen LogP contribution in [-0.4, -0.2) is 28.2 Å². The summed E-state index contributed by atoms with van der Waals surface area (Å²) in [6.45, 7) is 6.61. The number of amidine groups is 1. The largest absolute Gasteiger partial charge is 0.338 e. The molecule has 7 nitrogen and oxygen atoms in total. The van der Waals surface area contributed by atoms with Crippen molar-refractivity contribution in [1.82, 2.24) is 15.1 Å². The van der Waals surface area contributed by atoms with Crippen molar-refractivity contribution < 1.29 is 9.18 Å². The summed E-state index contributed by atoms with van der Waals surface area (Å²) in [5, 5.41) is 13.2. The minimum absolute atomic E-state index is 0.186. The number of amides is 2. The van der Waals surface area contributed by atoms with Gasteiger partial charge in [0.05, 0.1) is 18.6 Å². The second-order valence-electron chi connectivity index (χ2n) is 6.92. The van der Waals surface area contributed by atoms with Gasteiger partial charge in [-0.15, -0.1) is 0 Å². The van der Waals surface area contributed by atoms with Crippen LogP contribution in [0.5, 0.6) is 0 Å². The Balaban J connectivity index is 1.98. The molecule has 1 aliphatic heterocycles. The van der Waals surface area contributed by atoms with Crippen molar-refractivity contribution >= 4 is 29.6 Å². The number of anilines is 2. The number of fused-ring (bicyclic) bond motifs is 2. The first-order valence-electron chi connectivity index (χ1n) is 9.26. The SMILES string of the molecule is C/C=C\n1ncc2c1NC(C)=NCc1cc(F)ccc1C[C@@H](C)CNC(=O)N2. The van der Waals surface area contributed by atoms with Gasteiger partial charge in [-0.05, 0) is 49.4 Å². The highest BCUT2D eigenvalue weighted by Gasteiger charge is 2.15. The Hall–Kier alpha value is -3.16. The van der Waals surface area contributed by atoms with Crippen molar-refractivity contribution in [3.05, 3.63) is 47.4 Å². The van der Waals surface area contributed by atoms with E-state index in [9.17, 15) is 9.18 Å². The van der Waals surface area contributed by atoms with Gasteiger partial charge in [-0.25, -0.2) is 13.9 Å². The van der Waals surface area contributed by atoms with E-state index in [4.69, 9.17) is 0 Å². The molecule has 0 unspecified atom stereocenters. The van der Waals surface area contributed by atoms with Gasteiger partial charge in [-0.2, -0.15) is 5.10 Å². The molecular weight excluding hydrogens is 359 g/mol. The molecule has 0 saturated carbocycles. The molecule has 1 atom stereocenters. The molecule has 3 N–H and O–H groups in total. The molecule has 2 aromatic rings. The molecule has 0 spiro atoms. The fourth-order valence-corrected chi connectivity index (χ4v) is 3.07. The van der Waals surface area contributed by atoms with Crippen molar-refractivity contribution in [2.75, 3.05) is 17.2 Å². The number of allylic oxidation sites excluding steroid dienone is 1. The first-order valence-corrected chi connectivity index (χ1v) is 9.26. The summed E-state index contributed by atoms with van der Waals surface area (Å²) in [6.07, 6.45) is 5.92. The second-order valence-corrected chi connectivity index (χ2v) is 6.92. The number of carbonyl (C=O) groups excluding carboxylic acids is 1. The van der Waals surface area contributed by atoms with Crippen molar-refractivity contribution in [2.24, 2.45) is 10.9 Å². The minimum atomic E-state index is -0.305. The number of hydrogen-bond acceptors (Lipinski definition) is 4. The lowest BCUT2D eigenvalue weighted by molar-refractivity contribution is 0.250. The zero-order chi connectivity index (χ0) is 20.1. The van der Waals surface area contributed by atoms with Crippen molar-refractivity contribution in [1.29, 1.82) is 0 Å². The average molecular weight is 384 g/mol. The summed E-state index contributed by atoms with van der Waals surface area (Å²) in [6, 6.07) is 4.48. The van der Waals surface area contributed by atoms with Gasteiger partial charge in [-0.3, -0.25) is 4.99 Å². The fourth-order valence-electron chi connectivity index (χ4n) is 3.07. The second kappa shape index (κ2) is 8.69. The number of aliphatic imine (C=N–C) groups is 1. The Kier molecular flexibility index (Phi) is 6.08. The first-order chi connectivity index (χ1) is 13.5. The van der Waals surface area contributed by atoms with E-state index in [1.54, 1.807) is 23.1 Å². The van der Waals surface area contributed by atoms with E-state index in [1.807, 2.05) is 26.8 Å². The number of benzene rings is 1. The predicted molar refractivity (Wildman–Crippen MR) is 110 cm³/mol. The zero-order valence-corrected chi connectivity index (χ0v) is 16.3. The maximum Gasteiger partial charge on any atom is 0.319 e. The van der Waals surface area contributed by atoms with Crippen LogP contribution in [0.3, 0.4) is 0 Å². The van der Waals surface area contributed by atoms with Gasteiger partial charge in [0, 0.05) is 12.7 Å². The van der Waals surface area contributed by atoms with Crippen LogP contribution < -0.4 is 16.0 Å². The lowest BCUT2D eigenvalue weighted by Crippen LogP contribution is -2.33. The van der Waals surface area contributed by atoms with Crippen LogP contribution in [0, 0.1) is 11.7 Å². The van der Waals surface area contributed by atoms with E-state index in [0.29, 0.717) is 30.4 Å². The van der Waals surface area contributed by atoms with Gasteiger partial charge in [0.1, 0.15) is 11.5 Å². The standard InChI is InChI=1S/C20H25FN6O/c1-4-7-27-19-18(12-24-27)26-20(28)23-10-13(2)8-15-5-6-17(21)9-16(15)11-22-14(3)25-19/h4-7,9,12-13H,8,10-11H2,1-3H3,(H,22,25)(H2,23,26,28)/b7-4-/t13-/m1/s1. The third-order valence-electron chi connectivity index (χ3n) is 4.47. The van der Waals surface area contributed by atoms with E-state index in [-0.39, 0.29) is 17.8 Å². The van der Waals surface area contributed by atoms with Crippen LogP contribution in [0.1, 0.15) is 31.9 Å². The van der Waals surface area contributed by atoms with Gasteiger partial charge in [0.25, 0.3) is 0 Å². The third kappa shape index (κ3) is 4.76. The van der Waals surface area contributed by atoms with Crippen LogP contribution in [-0.2, 0) is 13.0 Å². The Morgan fingerprint density at radius 3 is 2.89 bits per heavy atom. The minimum Gasteiger partial charge on any atom is -0.338 e. The van der Waals surface area contributed by atoms with Gasteiger partial charge >= 0.3 is 6.03 Å². The number of nitrogens with zero attached hydrogens (tertiary/aromatic N) is 3. The summed E-state index contributed by atoms with van der Waals surface area (Å²) in [5.74, 6) is 1.14. The first kappa shape index (κ1) is 19.6. The fraction of sp³-hybridized carbons (Fsp3) is 0.350. The summed E-state index contributed by atoms with van der Waals surface area (Å²) >= 11 is 0. The molecule has 1 aliphatic rings. The molecule has 0 saturated heterocycles. The van der Waals surface area contributed by atoms with Gasteiger partial charge < -0.3 is 16.0 Å². The van der Waals surface area contributed by atoms with E-state index >= 15 is 0 Å². The van der Waals surface area contributed by atoms with Crippen molar-refractivity contribution in [3.63, 3.8) is 0 Å². The molecular formula is C20H25FN6O. The van der Waals surface area contributed by atoms with Crippen LogP contribution >= 0.6 is 0 Å². The number of hydrogen-bond donors (Lipinski definition) is 3. The molecule has 0 fully saturated rings. The quantitative estimate of drug-likeness (QED) is 0.698. The van der Waals surface area contributed by atoms with Crippen molar-refractivity contribution in [2.45, 2.75) is 33.7 Å². The summed E-state index contributed by atoms with van der Waals surface area (Å²) < 4.78 is 15.4. The van der Waals surface area contributed by atoms with E-state index in [2.05, 4.69) is 26.0 Å². The highest BCUT2D eigenvalue weighted by molar-refractivity contribution is 5.99. The number of nitrogens with one attached hydrogen (secondary N) is 3. The van der Waals surface area contributed by atoms with Crippen LogP contribution in [0.4, 0.5) is 20.7 Å². The highest BCUT2D eigenvalue weighted by atomic mass is 19.1. The molecule has 28 heavy (non-hydrogen) atoms. The molecule has 0 bridgehead atoms. The Labute approximate surface area is 163 Å². The third-order valence-corrected chi connectivity index (χ3v) is 4.47. The Morgan fingerprint density at radius 1 is 1.29 bits per heavy atom. The molecule has 1 aromatic heterocycles. The maximum atomic E-state index is 13.8. The lowest BCUT2D eigenvalue weighted by Gasteiger charge is -2.17.